The van der Waals surface area contributed by atoms with Gasteiger partial charge < -0.3 is 14.7 Å². The van der Waals surface area contributed by atoms with E-state index in [0.717, 1.165) is 39.0 Å². The van der Waals surface area contributed by atoms with Gasteiger partial charge in [-0.2, -0.15) is 0 Å². The highest BCUT2D eigenvalue weighted by atomic mass is 16.5. The normalized spacial score (nSPS) is 19.9. The smallest absolute Gasteiger partial charge is 0.323 e. The number of ether oxygens (including phenoxy) is 1. The quantitative estimate of drug-likeness (QED) is 0.683. The van der Waals surface area contributed by atoms with Gasteiger partial charge in [0.15, 0.2) is 0 Å². The molecule has 1 unspecified atom stereocenters. The molecule has 1 rings (SSSR count). The Morgan fingerprint density at radius 3 is 2.52 bits per heavy atom. The van der Waals surface area contributed by atoms with Crippen molar-refractivity contribution in [1.82, 2.24) is 10.2 Å². The van der Waals surface area contributed by atoms with E-state index >= 15 is 0 Å². The van der Waals surface area contributed by atoms with Crippen molar-refractivity contribution < 1.29 is 14.6 Å². The highest BCUT2D eigenvalue weighted by molar-refractivity contribution is 5.78. The van der Waals surface area contributed by atoms with Gasteiger partial charge >= 0.3 is 5.97 Å². The minimum Gasteiger partial charge on any atom is -0.480 e. The second-order valence-electron chi connectivity index (χ2n) is 6.47. The highest BCUT2D eigenvalue weighted by Gasteiger charge is 2.36. The van der Waals surface area contributed by atoms with Crippen molar-refractivity contribution in [1.29, 1.82) is 0 Å². The van der Waals surface area contributed by atoms with Crippen LogP contribution in [0.4, 0.5) is 0 Å². The summed E-state index contributed by atoms with van der Waals surface area (Å²) in [5.41, 5.74) is -0.787. The molecule has 1 heterocycles. The predicted molar refractivity (Wildman–Crippen MR) is 84.6 cm³/mol. The molecule has 0 spiro atoms. The molecule has 1 fully saturated rings. The Kier molecular flexibility index (Phi) is 7.63. The summed E-state index contributed by atoms with van der Waals surface area (Å²) in [5.74, 6) is -0.729. The Balaban J connectivity index is 2.47. The average Bonchev–Trinajstić information content (AvgIpc) is 2.46. The SMILES string of the molecule is CCC(CCCN(C)C1CCOCC1)(NC(C)C)C(=O)O. The van der Waals surface area contributed by atoms with E-state index in [4.69, 9.17) is 4.74 Å². The van der Waals surface area contributed by atoms with Crippen LogP contribution in [0.2, 0.25) is 0 Å². The molecule has 5 nitrogen and oxygen atoms in total. The van der Waals surface area contributed by atoms with Crippen LogP contribution in [0.15, 0.2) is 0 Å². The molecule has 0 radical (unpaired) electrons. The first kappa shape index (κ1) is 18.4. The number of carboxylic acid groups (broad SMARTS) is 1. The van der Waals surface area contributed by atoms with E-state index in [1.807, 2.05) is 20.8 Å². The summed E-state index contributed by atoms with van der Waals surface area (Å²) < 4.78 is 5.39. The monoisotopic (exact) mass is 300 g/mol. The standard InChI is InChI=1S/C16H32N2O3/c1-5-16(15(19)20,17-13(2)3)9-6-10-18(4)14-7-11-21-12-8-14/h13-14,17H,5-12H2,1-4H3,(H,19,20). The minimum absolute atomic E-state index is 0.175. The van der Waals surface area contributed by atoms with Gasteiger partial charge in [0.1, 0.15) is 5.54 Å². The zero-order valence-electron chi connectivity index (χ0n) is 14.0. The second kappa shape index (κ2) is 8.71. The molecule has 0 bridgehead atoms. The van der Waals surface area contributed by atoms with Crippen LogP contribution in [0.5, 0.6) is 0 Å². The van der Waals surface area contributed by atoms with Crippen LogP contribution in [-0.2, 0) is 9.53 Å². The number of rotatable bonds is 9. The van der Waals surface area contributed by atoms with Gasteiger partial charge in [-0.3, -0.25) is 10.1 Å². The van der Waals surface area contributed by atoms with E-state index in [1.165, 1.54) is 0 Å². The van der Waals surface area contributed by atoms with E-state index in [9.17, 15) is 9.90 Å². The maximum absolute atomic E-state index is 11.7. The topological polar surface area (TPSA) is 61.8 Å². The molecule has 2 N–H and O–H groups in total. The third-order valence-electron chi connectivity index (χ3n) is 4.51. The number of nitrogens with one attached hydrogen (secondary N) is 1. The van der Waals surface area contributed by atoms with Crippen LogP contribution in [0.1, 0.15) is 52.9 Å². The van der Waals surface area contributed by atoms with Crippen molar-refractivity contribution in [3.05, 3.63) is 0 Å². The van der Waals surface area contributed by atoms with Gasteiger partial charge in [0, 0.05) is 25.3 Å². The first-order valence-corrected chi connectivity index (χ1v) is 8.20. The van der Waals surface area contributed by atoms with Gasteiger partial charge in [0.05, 0.1) is 0 Å². The molecular weight excluding hydrogens is 268 g/mol. The molecule has 0 aliphatic carbocycles. The van der Waals surface area contributed by atoms with Crippen molar-refractivity contribution in [3.63, 3.8) is 0 Å². The van der Waals surface area contributed by atoms with Crippen LogP contribution in [-0.4, -0.2) is 60.4 Å². The molecule has 1 aliphatic heterocycles. The third-order valence-corrected chi connectivity index (χ3v) is 4.51. The van der Waals surface area contributed by atoms with E-state index in [2.05, 4.69) is 17.3 Å². The lowest BCUT2D eigenvalue weighted by Gasteiger charge is -2.34. The van der Waals surface area contributed by atoms with Crippen molar-refractivity contribution in [3.8, 4) is 0 Å². The van der Waals surface area contributed by atoms with Crippen LogP contribution in [0.25, 0.3) is 0 Å². The van der Waals surface area contributed by atoms with E-state index < -0.39 is 11.5 Å². The summed E-state index contributed by atoms with van der Waals surface area (Å²) in [6, 6.07) is 0.756. The van der Waals surface area contributed by atoms with Crippen LogP contribution < -0.4 is 5.32 Å². The molecule has 0 aromatic rings. The van der Waals surface area contributed by atoms with E-state index in [0.29, 0.717) is 18.9 Å². The summed E-state index contributed by atoms with van der Waals surface area (Å²) in [6.45, 7) is 8.59. The second-order valence-corrected chi connectivity index (χ2v) is 6.47. The summed E-state index contributed by atoms with van der Waals surface area (Å²) in [5, 5.41) is 12.9. The third kappa shape index (κ3) is 5.57. The Bertz CT molecular complexity index is 317. The van der Waals surface area contributed by atoms with Gasteiger partial charge in [0.2, 0.25) is 0 Å². The van der Waals surface area contributed by atoms with Crippen LogP contribution in [0.3, 0.4) is 0 Å². The molecular formula is C16H32N2O3. The van der Waals surface area contributed by atoms with Crippen molar-refractivity contribution >= 4 is 5.97 Å². The number of nitrogens with zero attached hydrogens (tertiary/aromatic N) is 1. The number of hydrogen-bond donors (Lipinski definition) is 2. The average molecular weight is 300 g/mol. The number of hydrogen-bond acceptors (Lipinski definition) is 4. The van der Waals surface area contributed by atoms with Crippen LogP contribution >= 0.6 is 0 Å². The summed E-state index contributed by atoms with van der Waals surface area (Å²) in [4.78, 5) is 14.0. The van der Waals surface area contributed by atoms with Gasteiger partial charge in [0.25, 0.3) is 0 Å². The van der Waals surface area contributed by atoms with E-state index in [-0.39, 0.29) is 6.04 Å². The zero-order valence-corrected chi connectivity index (χ0v) is 14.0. The van der Waals surface area contributed by atoms with Crippen LogP contribution in [0, 0.1) is 0 Å². The van der Waals surface area contributed by atoms with Crippen molar-refractivity contribution in [2.24, 2.45) is 0 Å². The zero-order chi connectivity index (χ0) is 15.9. The van der Waals surface area contributed by atoms with E-state index in [1.54, 1.807) is 0 Å². The highest BCUT2D eigenvalue weighted by Crippen LogP contribution is 2.21. The molecule has 0 aromatic carbocycles. The van der Waals surface area contributed by atoms with Crippen molar-refractivity contribution in [2.45, 2.75) is 70.5 Å². The molecule has 124 valence electrons. The molecule has 0 amide bonds. The number of carbonyl (C=O) groups is 1. The summed E-state index contributed by atoms with van der Waals surface area (Å²) >= 11 is 0. The summed E-state index contributed by atoms with van der Waals surface area (Å²) in [6.07, 6.45) is 4.34. The minimum atomic E-state index is -0.787. The maximum atomic E-state index is 11.7. The Labute approximate surface area is 129 Å². The van der Waals surface area contributed by atoms with Gasteiger partial charge in [-0.15, -0.1) is 0 Å². The molecule has 5 heteroatoms. The molecule has 1 aliphatic rings. The largest absolute Gasteiger partial charge is 0.480 e. The number of carboxylic acids is 1. The molecule has 1 saturated heterocycles. The molecule has 1 atom stereocenters. The lowest BCUT2D eigenvalue weighted by Crippen LogP contribution is -2.54. The Morgan fingerprint density at radius 2 is 2.05 bits per heavy atom. The first-order chi connectivity index (χ1) is 9.91. The summed E-state index contributed by atoms with van der Waals surface area (Å²) in [7, 11) is 2.14. The molecule has 0 saturated carbocycles. The van der Waals surface area contributed by atoms with Crippen molar-refractivity contribution in [2.75, 3.05) is 26.8 Å². The van der Waals surface area contributed by atoms with Gasteiger partial charge in [-0.05, 0) is 59.5 Å². The Hall–Kier alpha value is -0.650. The first-order valence-electron chi connectivity index (χ1n) is 8.20. The Morgan fingerprint density at radius 1 is 1.43 bits per heavy atom. The van der Waals surface area contributed by atoms with Gasteiger partial charge in [-0.25, -0.2) is 0 Å². The maximum Gasteiger partial charge on any atom is 0.323 e. The fourth-order valence-electron chi connectivity index (χ4n) is 3.16. The number of aliphatic carboxylic acids is 1. The fourth-order valence-corrected chi connectivity index (χ4v) is 3.16. The lowest BCUT2D eigenvalue weighted by molar-refractivity contribution is -0.145. The fraction of sp³-hybridized carbons (Fsp3) is 0.938. The predicted octanol–water partition coefficient (Wildman–Crippen LogP) is 2.11. The molecule has 21 heavy (non-hydrogen) atoms. The van der Waals surface area contributed by atoms with Gasteiger partial charge in [-0.1, -0.05) is 6.92 Å². The lowest BCUT2D eigenvalue weighted by atomic mass is 9.89. The molecule has 0 aromatic heterocycles.